The molecule has 43 heavy (non-hydrogen) atoms. The van der Waals surface area contributed by atoms with Crippen molar-refractivity contribution < 1.29 is 16.5 Å². The molecule has 0 aliphatic rings. The number of hydrogen-bond acceptors (Lipinski definition) is 4. The standard InChI is InChI=1S/C26H36N2.C10H8N2.2ClH.Mo/c1-17(2)21-11-9-12-22(18(3)4)25(21)27-15-16-28-26-23(19(5)6)13-10-14-24(26)20(7)8;1-3-7-11-9(5-1)10-6-2-4-8-12-10;;;/h9-20H,1-8H3;1-8H;2*1H;/q;;;;+2/p-2. The van der Waals surface area contributed by atoms with Gasteiger partial charge in [-0.05, 0) is 70.2 Å². The SMILES string of the molecule is CC(C)c1cccc(C(C)C)c1N=CC=Nc1c(C(C)C)cccc1C(C)C.[Cl][Mo][Cl].c1ccc(-c2ccccn2)nc1. The summed E-state index contributed by atoms with van der Waals surface area (Å²) in [6.45, 7) is 17.8. The van der Waals surface area contributed by atoms with Gasteiger partial charge in [-0.2, -0.15) is 0 Å². The van der Waals surface area contributed by atoms with Crippen molar-refractivity contribution in [3.63, 3.8) is 0 Å². The molecule has 7 heteroatoms. The second kappa shape index (κ2) is 19.6. The average molecular weight is 700 g/mol. The molecule has 4 rings (SSSR count). The summed E-state index contributed by atoms with van der Waals surface area (Å²) in [6, 6.07) is 24.6. The molecule has 228 valence electrons. The average Bonchev–Trinajstić information content (AvgIpc) is 3.00. The van der Waals surface area contributed by atoms with E-state index in [0.29, 0.717) is 23.7 Å². The van der Waals surface area contributed by atoms with E-state index in [1.807, 2.05) is 48.8 Å². The van der Waals surface area contributed by atoms with E-state index in [0.717, 1.165) is 22.8 Å². The van der Waals surface area contributed by atoms with Crippen LogP contribution in [-0.4, -0.2) is 22.4 Å². The summed E-state index contributed by atoms with van der Waals surface area (Å²) in [5.74, 6) is 1.77. The van der Waals surface area contributed by atoms with E-state index in [9.17, 15) is 0 Å². The molecule has 0 bridgehead atoms. The number of aliphatic imine (C=N–C) groups is 2. The smallest absolute Gasteiger partial charge is 0.0886 e. The van der Waals surface area contributed by atoms with Gasteiger partial charge >= 0.3 is 35.3 Å². The molecule has 0 unspecified atom stereocenters. The summed E-state index contributed by atoms with van der Waals surface area (Å²) in [7, 11) is 9.79. The number of rotatable bonds is 8. The van der Waals surface area contributed by atoms with Crippen LogP contribution in [0.1, 0.15) is 101 Å². The van der Waals surface area contributed by atoms with Crippen molar-refractivity contribution in [2.24, 2.45) is 9.98 Å². The molecule has 4 nitrogen and oxygen atoms in total. The fourth-order valence-electron chi connectivity index (χ4n) is 4.57. The van der Waals surface area contributed by atoms with Crippen molar-refractivity contribution in [2.75, 3.05) is 0 Å². The van der Waals surface area contributed by atoms with Gasteiger partial charge in [-0.3, -0.25) is 20.0 Å². The first kappa shape index (κ1) is 36.5. The minimum absolute atomic E-state index is 0.442. The molecule has 2 heterocycles. The predicted octanol–water partition coefficient (Wildman–Crippen LogP) is 11.8. The van der Waals surface area contributed by atoms with Gasteiger partial charge in [0.25, 0.3) is 0 Å². The Kier molecular flexibility index (Phi) is 16.6. The van der Waals surface area contributed by atoms with Gasteiger partial charge in [0.05, 0.1) is 22.8 Å². The minimum Gasteiger partial charge on any atom is -0.255 e. The first-order valence-electron chi connectivity index (χ1n) is 14.7. The predicted molar refractivity (Wildman–Crippen MR) is 185 cm³/mol. The Hall–Kier alpha value is -2.65. The van der Waals surface area contributed by atoms with Crippen LogP contribution in [-0.2, 0) is 16.5 Å². The maximum atomic E-state index is 4.89. The second-order valence-corrected chi connectivity index (χ2v) is 14.3. The van der Waals surface area contributed by atoms with E-state index in [1.54, 1.807) is 12.4 Å². The van der Waals surface area contributed by atoms with Gasteiger partial charge in [0.2, 0.25) is 0 Å². The number of para-hydroxylation sites is 2. The Morgan fingerprint density at radius 3 is 1.05 bits per heavy atom. The van der Waals surface area contributed by atoms with E-state index < -0.39 is 16.5 Å². The van der Waals surface area contributed by atoms with Crippen molar-refractivity contribution >= 4 is 42.6 Å². The normalized spacial score (nSPS) is 11.3. The topological polar surface area (TPSA) is 50.5 Å². The van der Waals surface area contributed by atoms with Crippen molar-refractivity contribution in [1.29, 1.82) is 0 Å². The fourth-order valence-corrected chi connectivity index (χ4v) is 4.57. The van der Waals surface area contributed by atoms with Crippen molar-refractivity contribution in [1.82, 2.24) is 9.97 Å². The Morgan fingerprint density at radius 1 is 0.512 bits per heavy atom. The van der Waals surface area contributed by atoms with Crippen LogP contribution in [0.25, 0.3) is 11.4 Å². The molecule has 2 aromatic heterocycles. The first-order chi connectivity index (χ1) is 20.6. The number of benzene rings is 2. The summed E-state index contributed by atoms with van der Waals surface area (Å²) in [5.41, 5.74) is 9.20. The van der Waals surface area contributed by atoms with Crippen LogP contribution in [0, 0.1) is 0 Å². The number of hydrogen-bond donors (Lipinski definition) is 0. The Labute approximate surface area is 275 Å². The molecule has 4 aromatic rings. The van der Waals surface area contributed by atoms with Crippen molar-refractivity contribution in [3.05, 3.63) is 107 Å². The third-order valence-electron chi connectivity index (χ3n) is 6.75. The number of halogens is 2. The zero-order valence-electron chi connectivity index (χ0n) is 26.5. The third-order valence-corrected chi connectivity index (χ3v) is 6.75. The second-order valence-electron chi connectivity index (χ2n) is 11.2. The van der Waals surface area contributed by atoms with Crippen molar-refractivity contribution in [2.45, 2.75) is 79.1 Å². The summed E-state index contributed by atoms with van der Waals surface area (Å²) in [6.07, 6.45) is 7.25. The maximum Gasteiger partial charge on any atom is 0.0886 e. The van der Waals surface area contributed by atoms with E-state index in [-0.39, 0.29) is 0 Å². The summed E-state index contributed by atoms with van der Waals surface area (Å²) in [4.78, 5) is 18.0. The van der Waals surface area contributed by atoms with Crippen molar-refractivity contribution in [3.8, 4) is 11.4 Å². The van der Waals surface area contributed by atoms with Crippen LogP contribution in [0.4, 0.5) is 11.4 Å². The summed E-state index contributed by atoms with van der Waals surface area (Å²) < 4.78 is 0. The van der Waals surface area contributed by atoms with Gasteiger partial charge in [-0.25, -0.2) is 0 Å². The molecular formula is C36H44Cl2MoN4. The molecular weight excluding hydrogens is 655 g/mol. The van der Waals surface area contributed by atoms with Crippen LogP contribution in [0.5, 0.6) is 0 Å². The molecule has 0 saturated carbocycles. The van der Waals surface area contributed by atoms with Gasteiger partial charge in [-0.15, -0.1) is 0 Å². The van der Waals surface area contributed by atoms with Crippen LogP contribution in [0.3, 0.4) is 0 Å². The molecule has 0 N–H and O–H groups in total. The van der Waals surface area contributed by atoms with E-state index >= 15 is 0 Å². The Balaban J connectivity index is 0.000000352. The molecule has 0 radical (unpaired) electrons. The van der Waals surface area contributed by atoms with Crippen LogP contribution >= 0.6 is 18.8 Å². The molecule has 0 atom stereocenters. The largest absolute Gasteiger partial charge is 0.255 e. The van der Waals surface area contributed by atoms with Gasteiger partial charge in [0.15, 0.2) is 0 Å². The Bertz CT molecular complexity index is 1260. The molecule has 0 spiro atoms. The first-order valence-corrected chi connectivity index (χ1v) is 19.8. The summed E-state index contributed by atoms with van der Waals surface area (Å²) in [5, 5.41) is 0. The summed E-state index contributed by atoms with van der Waals surface area (Å²) >= 11 is -0.586. The minimum atomic E-state index is -0.586. The molecule has 0 aliphatic carbocycles. The zero-order valence-corrected chi connectivity index (χ0v) is 30.0. The molecule has 0 fully saturated rings. The van der Waals surface area contributed by atoms with Gasteiger partial charge in [0.1, 0.15) is 0 Å². The van der Waals surface area contributed by atoms with Gasteiger partial charge in [0, 0.05) is 24.8 Å². The Morgan fingerprint density at radius 2 is 0.814 bits per heavy atom. The van der Waals surface area contributed by atoms with Gasteiger partial charge < -0.3 is 0 Å². The van der Waals surface area contributed by atoms with Gasteiger partial charge in [-0.1, -0.05) is 104 Å². The molecule has 0 aliphatic heterocycles. The molecule has 0 amide bonds. The maximum absolute atomic E-state index is 4.89. The number of pyridine rings is 2. The van der Waals surface area contributed by atoms with E-state index in [1.165, 1.54) is 22.3 Å². The van der Waals surface area contributed by atoms with E-state index in [2.05, 4.69) is 102 Å². The van der Waals surface area contributed by atoms with Crippen LogP contribution in [0.2, 0.25) is 0 Å². The monoisotopic (exact) mass is 700 g/mol. The molecule has 2 aromatic carbocycles. The third kappa shape index (κ3) is 11.7. The quantitative estimate of drug-likeness (QED) is 0.136. The fraction of sp³-hybridized carbons (Fsp3) is 0.333. The zero-order chi connectivity index (χ0) is 31.8. The number of aromatic nitrogens is 2. The van der Waals surface area contributed by atoms with Crippen LogP contribution < -0.4 is 0 Å². The molecule has 0 saturated heterocycles. The van der Waals surface area contributed by atoms with E-state index in [4.69, 9.17) is 28.8 Å². The van der Waals surface area contributed by atoms with Crippen LogP contribution in [0.15, 0.2) is 95.2 Å². The number of nitrogens with zero attached hydrogens (tertiary/aromatic N) is 4.